The molecule has 2 N–H and O–H groups in total. The Balaban J connectivity index is 1.65. The lowest BCUT2D eigenvalue weighted by Gasteiger charge is -2.32. The highest BCUT2D eigenvalue weighted by atomic mass is 35.5. The van der Waals surface area contributed by atoms with Crippen molar-refractivity contribution in [3.63, 3.8) is 0 Å². The lowest BCUT2D eigenvalue weighted by molar-refractivity contribution is -0.121. The van der Waals surface area contributed by atoms with Crippen molar-refractivity contribution in [2.45, 2.75) is 19.8 Å². The van der Waals surface area contributed by atoms with Crippen molar-refractivity contribution in [1.29, 1.82) is 0 Å². The molecule has 3 rings (SSSR count). The smallest absolute Gasteiger partial charge is 0.321 e. The molecule has 1 unspecified atom stereocenters. The first-order chi connectivity index (χ1) is 13.8. The predicted molar refractivity (Wildman–Crippen MR) is 119 cm³/mol. The average Bonchev–Trinajstić information content (AvgIpc) is 2.68. The van der Waals surface area contributed by atoms with E-state index >= 15 is 0 Å². The number of carbonyl (C=O) groups excluding carboxylic acids is 2. The molecular formula is C22H27ClN4O2. The maximum atomic E-state index is 12.9. The molecule has 0 bridgehead atoms. The molecule has 2 aromatic carbocycles. The largest absolute Gasteiger partial charge is 0.376 e. The van der Waals surface area contributed by atoms with Crippen molar-refractivity contribution in [1.82, 2.24) is 4.90 Å². The summed E-state index contributed by atoms with van der Waals surface area (Å²) in [6.07, 6.45) is 1.54. The molecule has 1 aliphatic rings. The lowest BCUT2D eigenvalue weighted by atomic mass is 9.97. The Bertz CT molecular complexity index is 900. The number of amides is 3. The minimum Gasteiger partial charge on any atom is -0.376 e. The number of hydrogen-bond donors (Lipinski definition) is 2. The molecule has 1 aliphatic heterocycles. The SMILES string of the molecule is Cc1cccc(NC(=O)N2CCCC(C(=O)Nc3cc(Cl)ccc3N(C)C)C2)c1. The zero-order valence-electron chi connectivity index (χ0n) is 17.0. The Morgan fingerprint density at radius 3 is 2.66 bits per heavy atom. The topological polar surface area (TPSA) is 64.7 Å². The van der Waals surface area contributed by atoms with E-state index in [-0.39, 0.29) is 17.9 Å². The number of nitrogens with one attached hydrogen (secondary N) is 2. The fourth-order valence-corrected chi connectivity index (χ4v) is 3.71. The summed E-state index contributed by atoms with van der Waals surface area (Å²) in [4.78, 5) is 29.2. The molecule has 1 saturated heterocycles. The summed E-state index contributed by atoms with van der Waals surface area (Å²) in [6.45, 7) is 3.01. The monoisotopic (exact) mass is 414 g/mol. The van der Waals surface area contributed by atoms with Crippen LogP contribution in [0.2, 0.25) is 5.02 Å². The first-order valence-corrected chi connectivity index (χ1v) is 10.1. The molecule has 1 fully saturated rings. The van der Waals surface area contributed by atoms with Crippen LogP contribution < -0.4 is 15.5 Å². The summed E-state index contributed by atoms with van der Waals surface area (Å²) in [5, 5.41) is 6.48. The maximum absolute atomic E-state index is 12.9. The minimum absolute atomic E-state index is 0.0941. The molecule has 1 heterocycles. The standard InChI is InChI=1S/C22H27ClN4O2/c1-15-6-4-8-18(12-15)24-22(29)27-11-5-7-16(14-27)21(28)25-19-13-17(23)9-10-20(19)26(2)3/h4,6,8-10,12-13,16H,5,7,11,14H2,1-3H3,(H,24,29)(H,25,28). The Morgan fingerprint density at radius 2 is 1.93 bits per heavy atom. The zero-order valence-corrected chi connectivity index (χ0v) is 17.8. The van der Waals surface area contributed by atoms with Gasteiger partial charge in [0.15, 0.2) is 0 Å². The summed E-state index contributed by atoms with van der Waals surface area (Å²) in [5.74, 6) is -0.357. The van der Waals surface area contributed by atoms with Gasteiger partial charge in [0.05, 0.1) is 17.3 Å². The molecule has 7 heteroatoms. The Morgan fingerprint density at radius 1 is 1.14 bits per heavy atom. The fourth-order valence-electron chi connectivity index (χ4n) is 3.53. The van der Waals surface area contributed by atoms with Crippen LogP contribution in [0.3, 0.4) is 0 Å². The molecule has 6 nitrogen and oxygen atoms in total. The fraction of sp³-hybridized carbons (Fsp3) is 0.364. The van der Waals surface area contributed by atoms with E-state index in [0.717, 1.165) is 29.8 Å². The number of urea groups is 1. The first kappa shape index (κ1) is 21.0. The average molecular weight is 415 g/mol. The summed E-state index contributed by atoms with van der Waals surface area (Å²) in [7, 11) is 3.83. The van der Waals surface area contributed by atoms with Crippen LogP contribution in [0.15, 0.2) is 42.5 Å². The van der Waals surface area contributed by atoms with Gasteiger partial charge in [0.25, 0.3) is 0 Å². The van der Waals surface area contributed by atoms with E-state index in [4.69, 9.17) is 11.6 Å². The molecule has 0 saturated carbocycles. The van der Waals surface area contributed by atoms with Gasteiger partial charge in [-0.15, -0.1) is 0 Å². The van der Waals surface area contributed by atoms with E-state index in [1.54, 1.807) is 17.0 Å². The normalized spacial score (nSPS) is 16.3. The number of rotatable bonds is 4. The van der Waals surface area contributed by atoms with Gasteiger partial charge in [0.1, 0.15) is 0 Å². The van der Waals surface area contributed by atoms with Gasteiger partial charge in [-0.2, -0.15) is 0 Å². The maximum Gasteiger partial charge on any atom is 0.321 e. The van der Waals surface area contributed by atoms with E-state index in [2.05, 4.69) is 10.6 Å². The second-order valence-electron chi connectivity index (χ2n) is 7.63. The van der Waals surface area contributed by atoms with Crippen molar-refractivity contribution < 1.29 is 9.59 Å². The first-order valence-electron chi connectivity index (χ1n) is 9.74. The van der Waals surface area contributed by atoms with Gasteiger partial charge < -0.3 is 20.4 Å². The molecule has 0 spiro atoms. The number of hydrogen-bond acceptors (Lipinski definition) is 3. The molecular weight excluding hydrogens is 388 g/mol. The van der Waals surface area contributed by atoms with Crippen LogP contribution in [-0.2, 0) is 4.79 Å². The van der Waals surface area contributed by atoms with Crippen molar-refractivity contribution in [3.8, 4) is 0 Å². The number of carbonyl (C=O) groups is 2. The third-order valence-corrected chi connectivity index (χ3v) is 5.28. The van der Waals surface area contributed by atoms with E-state index in [1.165, 1.54) is 0 Å². The molecule has 1 atom stereocenters. The predicted octanol–water partition coefficient (Wildman–Crippen LogP) is 4.60. The van der Waals surface area contributed by atoms with Crippen LogP contribution in [0.4, 0.5) is 21.9 Å². The van der Waals surface area contributed by atoms with Gasteiger partial charge in [0, 0.05) is 37.9 Å². The molecule has 29 heavy (non-hydrogen) atoms. The summed E-state index contributed by atoms with van der Waals surface area (Å²) in [6, 6.07) is 12.9. The molecule has 0 aromatic heterocycles. The van der Waals surface area contributed by atoms with Gasteiger partial charge in [-0.05, 0) is 55.7 Å². The van der Waals surface area contributed by atoms with Gasteiger partial charge in [-0.3, -0.25) is 4.79 Å². The van der Waals surface area contributed by atoms with E-state index in [9.17, 15) is 9.59 Å². The van der Waals surface area contributed by atoms with Crippen molar-refractivity contribution in [2.75, 3.05) is 42.7 Å². The van der Waals surface area contributed by atoms with Crippen LogP contribution in [0, 0.1) is 12.8 Å². The molecule has 0 aliphatic carbocycles. The number of piperidine rings is 1. The highest BCUT2D eigenvalue weighted by molar-refractivity contribution is 6.31. The van der Waals surface area contributed by atoms with Gasteiger partial charge in [-0.1, -0.05) is 23.7 Å². The van der Waals surface area contributed by atoms with Gasteiger partial charge in [0.2, 0.25) is 5.91 Å². The summed E-state index contributed by atoms with van der Waals surface area (Å²) < 4.78 is 0. The molecule has 0 radical (unpaired) electrons. The van der Waals surface area contributed by atoms with Crippen molar-refractivity contribution in [3.05, 3.63) is 53.1 Å². The minimum atomic E-state index is -0.263. The van der Waals surface area contributed by atoms with E-state index in [1.807, 2.05) is 56.3 Å². The number of benzene rings is 2. The Labute approximate surface area is 176 Å². The van der Waals surface area contributed by atoms with Crippen LogP contribution in [-0.4, -0.2) is 44.0 Å². The third kappa shape index (κ3) is 5.41. The summed E-state index contributed by atoms with van der Waals surface area (Å²) >= 11 is 6.11. The number of aryl methyl sites for hydroxylation is 1. The number of nitrogens with zero attached hydrogens (tertiary/aromatic N) is 2. The van der Waals surface area contributed by atoms with Crippen LogP contribution in [0.25, 0.3) is 0 Å². The van der Waals surface area contributed by atoms with Crippen LogP contribution in [0.5, 0.6) is 0 Å². The second kappa shape index (κ2) is 9.18. The molecule has 2 aromatic rings. The van der Waals surface area contributed by atoms with E-state index < -0.39 is 0 Å². The van der Waals surface area contributed by atoms with E-state index in [0.29, 0.717) is 23.8 Å². The highest BCUT2D eigenvalue weighted by Gasteiger charge is 2.29. The third-order valence-electron chi connectivity index (χ3n) is 5.05. The highest BCUT2D eigenvalue weighted by Crippen LogP contribution is 2.29. The van der Waals surface area contributed by atoms with Gasteiger partial charge in [-0.25, -0.2) is 4.79 Å². The lowest BCUT2D eigenvalue weighted by Crippen LogP contribution is -2.45. The van der Waals surface area contributed by atoms with Crippen molar-refractivity contribution in [2.24, 2.45) is 5.92 Å². The molecule has 154 valence electrons. The molecule has 3 amide bonds. The number of halogens is 1. The van der Waals surface area contributed by atoms with Gasteiger partial charge >= 0.3 is 6.03 Å². The second-order valence-corrected chi connectivity index (χ2v) is 8.07. The summed E-state index contributed by atoms with van der Waals surface area (Å²) in [5.41, 5.74) is 3.40. The Hall–Kier alpha value is -2.73. The number of anilines is 3. The number of likely N-dealkylation sites (tertiary alicyclic amines) is 1. The van der Waals surface area contributed by atoms with Crippen LogP contribution in [0.1, 0.15) is 18.4 Å². The van der Waals surface area contributed by atoms with Crippen LogP contribution >= 0.6 is 11.6 Å². The zero-order chi connectivity index (χ0) is 21.0. The Kier molecular flexibility index (Phi) is 6.64. The quantitative estimate of drug-likeness (QED) is 0.768. The van der Waals surface area contributed by atoms with Crippen molar-refractivity contribution >= 4 is 40.6 Å².